The summed E-state index contributed by atoms with van der Waals surface area (Å²) in [5.74, 6) is -0.244. The standard InChI is InChI=1S/C23H19F3N6O/c1-33-15-8-6-14(7-9-15)17(18-13-27-19-5-3-2-4-16(18)19)12-28-20-10-11-21-29-30-22(23(24,25)26)32(21)31-20/h2-11,13,17,27H,12H2,1H3,(H,28,31). The van der Waals surface area contributed by atoms with Gasteiger partial charge in [0.2, 0.25) is 0 Å². The van der Waals surface area contributed by atoms with Crippen LogP contribution in [0.2, 0.25) is 0 Å². The fraction of sp³-hybridized carbons (Fsp3) is 0.174. The maximum Gasteiger partial charge on any atom is 0.453 e. The Hall–Kier alpha value is -4.08. The molecule has 0 aliphatic carbocycles. The lowest BCUT2D eigenvalue weighted by molar-refractivity contribution is -0.146. The van der Waals surface area contributed by atoms with Gasteiger partial charge in [-0.1, -0.05) is 30.3 Å². The van der Waals surface area contributed by atoms with Crippen LogP contribution in [-0.4, -0.2) is 38.4 Å². The highest BCUT2D eigenvalue weighted by atomic mass is 19.4. The molecule has 10 heteroatoms. The minimum Gasteiger partial charge on any atom is -0.497 e. The minimum atomic E-state index is -4.65. The van der Waals surface area contributed by atoms with E-state index in [2.05, 4.69) is 25.6 Å². The molecule has 1 atom stereocenters. The van der Waals surface area contributed by atoms with Gasteiger partial charge in [0, 0.05) is 29.6 Å². The topological polar surface area (TPSA) is 80.1 Å². The molecular weight excluding hydrogens is 433 g/mol. The summed E-state index contributed by atoms with van der Waals surface area (Å²) in [7, 11) is 1.61. The number of nitrogens with zero attached hydrogens (tertiary/aromatic N) is 4. The smallest absolute Gasteiger partial charge is 0.453 e. The number of fused-ring (bicyclic) bond motifs is 2. The third kappa shape index (κ3) is 3.95. The molecule has 0 saturated heterocycles. The maximum atomic E-state index is 13.2. The Bertz CT molecular complexity index is 1410. The summed E-state index contributed by atoms with van der Waals surface area (Å²) in [5.41, 5.74) is 3.11. The zero-order valence-corrected chi connectivity index (χ0v) is 17.5. The number of ether oxygens (including phenoxy) is 1. The fourth-order valence-corrected chi connectivity index (χ4v) is 3.89. The average molecular weight is 452 g/mol. The molecule has 0 amide bonds. The van der Waals surface area contributed by atoms with Gasteiger partial charge in [0.05, 0.1) is 7.11 Å². The Labute approximate surface area is 186 Å². The van der Waals surface area contributed by atoms with Crippen LogP contribution in [0.1, 0.15) is 22.9 Å². The van der Waals surface area contributed by atoms with Crippen LogP contribution in [0.5, 0.6) is 5.75 Å². The Morgan fingerprint density at radius 1 is 1.03 bits per heavy atom. The molecule has 0 radical (unpaired) electrons. The van der Waals surface area contributed by atoms with Crippen molar-refractivity contribution in [2.24, 2.45) is 0 Å². The molecule has 0 aliphatic heterocycles. The predicted molar refractivity (Wildman–Crippen MR) is 117 cm³/mol. The zero-order chi connectivity index (χ0) is 23.0. The molecule has 5 aromatic rings. The van der Waals surface area contributed by atoms with Gasteiger partial charge >= 0.3 is 6.18 Å². The van der Waals surface area contributed by atoms with E-state index in [1.807, 2.05) is 54.7 Å². The first kappa shape index (κ1) is 20.8. The van der Waals surface area contributed by atoms with Gasteiger partial charge in [-0.25, -0.2) is 0 Å². The molecule has 1 unspecified atom stereocenters. The first-order chi connectivity index (χ1) is 15.9. The normalized spacial score (nSPS) is 12.8. The molecule has 0 fully saturated rings. The molecule has 2 N–H and O–H groups in total. The van der Waals surface area contributed by atoms with Gasteiger partial charge in [-0.15, -0.1) is 15.3 Å². The first-order valence-corrected chi connectivity index (χ1v) is 10.2. The van der Waals surface area contributed by atoms with Crippen LogP contribution in [0.25, 0.3) is 16.6 Å². The molecule has 0 saturated carbocycles. The Balaban J connectivity index is 1.50. The molecule has 3 aromatic heterocycles. The number of benzene rings is 2. The third-order valence-electron chi connectivity index (χ3n) is 5.52. The van der Waals surface area contributed by atoms with Crippen molar-refractivity contribution < 1.29 is 17.9 Å². The molecule has 33 heavy (non-hydrogen) atoms. The highest BCUT2D eigenvalue weighted by molar-refractivity contribution is 5.84. The van der Waals surface area contributed by atoms with Crippen molar-refractivity contribution in [3.8, 4) is 5.75 Å². The van der Waals surface area contributed by atoms with E-state index in [-0.39, 0.29) is 17.4 Å². The van der Waals surface area contributed by atoms with Crippen molar-refractivity contribution in [2.75, 3.05) is 19.0 Å². The van der Waals surface area contributed by atoms with E-state index in [4.69, 9.17) is 4.74 Å². The lowest BCUT2D eigenvalue weighted by Crippen LogP contribution is -2.17. The molecule has 0 spiro atoms. The second-order valence-electron chi connectivity index (χ2n) is 7.51. The Morgan fingerprint density at radius 2 is 1.82 bits per heavy atom. The number of methoxy groups -OCH3 is 1. The summed E-state index contributed by atoms with van der Waals surface area (Å²) < 4.78 is 45.6. The lowest BCUT2D eigenvalue weighted by Gasteiger charge is -2.19. The number of aromatic nitrogens is 5. The number of alkyl halides is 3. The van der Waals surface area contributed by atoms with Crippen molar-refractivity contribution in [2.45, 2.75) is 12.1 Å². The number of anilines is 1. The van der Waals surface area contributed by atoms with Crippen LogP contribution in [0.3, 0.4) is 0 Å². The number of para-hydroxylation sites is 1. The van der Waals surface area contributed by atoms with Gasteiger partial charge < -0.3 is 15.0 Å². The van der Waals surface area contributed by atoms with E-state index in [9.17, 15) is 13.2 Å². The van der Waals surface area contributed by atoms with Crippen LogP contribution in [0.4, 0.5) is 19.0 Å². The third-order valence-corrected chi connectivity index (χ3v) is 5.52. The maximum absolute atomic E-state index is 13.2. The Kier molecular flexibility index (Phi) is 5.12. The van der Waals surface area contributed by atoms with Gasteiger partial charge in [0.25, 0.3) is 5.82 Å². The molecular formula is C23H19F3N6O. The van der Waals surface area contributed by atoms with E-state index in [1.165, 1.54) is 6.07 Å². The minimum absolute atomic E-state index is 0.0243. The van der Waals surface area contributed by atoms with E-state index >= 15 is 0 Å². The van der Waals surface area contributed by atoms with Crippen molar-refractivity contribution in [3.63, 3.8) is 0 Å². The summed E-state index contributed by atoms with van der Waals surface area (Å²) in [6, 6.07) is 18.7. The van der Waals surface area contributed by atoms with Gasteiger partial charge in [-0.05, 0) is 41.5 Å². The summed E-state index contributed by atoms with van der Waals surface area (Å²) >= 11 is 0. The monoisotopic (exact) mass is 452 g/mol. The largest absolute Gasteiger partial charge is 0.497 e. The van der Waals surface area contributed by atoms with Crippen molar-refractivity contribution >= 4 is 22.4 Å². The van der Waals surface area contributed by atoms with Crippen LogP contribution in [0.15, 0.2) is 66.9 Å². The zero-order valence-electron chi connectivity index (χ0n) is 17.5. The van der Waals surface area contributed by atoms with Crippen LogP contribution in [0, 0.1) is 0 Å². The van der Waals surface area contributed by atoms with Crippen molar-refractivity contribution in [1.82, 2.24) is 24.8 Å². The van der Waals surface area contributed by atoms with Crippen LogP contribution in [-0.2, 0) is 6.18 Å². The number of halogens is 3. The van der Waals surface area contributed by atoms with E-state index in [0.29, 0.717) is 11.1 Å². The van der Waals surface area contributed by atoms with Crippen molar-refractivity contribution in [3.05, 3.63) is 83.8 Å². The fourth-order valence-electron chi connectivity index (χ4n) is 3.89. The van der Waals surface area contributed by atoms with Gasteiger partial charge in [-0.2, -0.15) is 17.7 Å². The van der Waals surface area contributed by atoms with Crippen LogP contribution < -0.4 is 10.1 Å². The average Bonchev–Trinajstić information content (AvgIpc) is 3.44. The molecule has 0 bridgehead atoms. The molecule has 2 aromatic carbocycles. The van der Waals surface area contributed by atoms with Gasteiger partial charge in [-0.3, -0.25) is 0 Å². The van der Waals surface area contributed by atoms with Gasteiger partial charge in [0.15, 0.2) is 5.65 Å². The molecule has 168 valence electrons. The summed E-state index contributed by atoms with van der Waals surface area (Å²) in [5, 5.41) is 15.1. The summed E-state index contributed by atoms with van der Waals surface area (Å²) in [4.78, 5) is 3.29. The molecule has 3 heterocycles. The van der Waals surface area contributed by atoms with Crippen molar-refractivity contribution in [1.29, 1.82) is 0 Å². The number of aromatic amines is 1. The highest BCUT2D eigenvalue weighted by Crippen LogP contribution is 2.32. The quantitative estimate of drug-likeness (QED) is 0.384. The molecule has 0 aliphatic rings. The number of nitrogens with one attached hydrogen (secondary N) is 2. The van der Waals surface area contributed by atoms with Crippen LogP contribution >= 0.6 is 0 Å². The predicted octanol–water partition coefficient (Wildman–Crippen LogP) is 4.88. The Morgan fingerprint density at radius 3 is 2.58 bits per heavy atom. The number of hydrogen-bond acceptors (Lipinski definition) is 5. The summed E-state index contributed by atoms with van der Waals surface area (Å²) in [6.45, 7) is 0.399. The SMILES string of the molecule is COc1ccc(C(CNc2ccc3nnc(C(F)(F)F)n3n2)c2c[nH]c3ccccc23)cc1. The molecule has 5 rings (SSSR count). The van der Waals surface area contributed by atoms with E-state index in [1.54, 1.807) is 13.2 Å². The lowest BCUT2D eigenvalue weighted by atomic mass is 9.91. The van der Waals surface area contributed by atoms with E-state index in [0.717, 1.165) is 27.8 Å². The highest BCUT2D eigenvalue weighted by Gasteiger charge is 2.37. The molecule has 7 nitrogen and oxygen atoms in total. The second-order valence-corrected chi connectivity index (χ2v) is 7.51. The number of H-pyrrole nitrogens is 1. The number of rotatable bonds is 6. The first-order valence-electron chi connectivity index (χ1n) is 10.2. The number of hydrogen-bond donors (Lipinski definition) is 2. The summed E-state index contributed by atoms with van der Waals surface area (Å²) in [6.07, 6.45) is -2.69. The van der Waals surface area contributed by atoms with Gasteiger partial charge in [0.1, 0.15) is 11.6 Å². The van der Waals surface area contributed by atoms with E-state index < -0.39 is 12.0 Å². The second kappa shape index (κ2) is 8.12.